The molecule has 116 valence electrons. The highest BCUT2D eigenvalue weighted by atomic mass is 79.9. The highest BCUT2D eigenvalue weighted by Gasteiger charge is 2.11. The lowest BCUT2D eigenvalue weighted by Gasteiger charge is -2.26. The van der Waals surface area contributed by atoms with E-state index in [-0.39, 0.29) is 12.1 Å². The maximum absolute atomic E-state index is 11.9. The summed E-state index contributed by atoms with van der Waals surface area (Å²) in [6.07, 6.45) is 3.91. The minimum absolute atomic E-state index is 0.00749. The Morgan fingerprint density at radius 3 is 2.57 bits per heavy atom. The van der Waals surface area contributed by atoms with E-state index in [2.05, 4.69) is 31.5 Å². The second kappa shape index (κ2) is 8.39. The highest BCUT2D eigenvalue weighted by molar-refractivity contribution is 9.10. The Bertz CT molecular complexity index is 443. The van der Waals surface area contributed by atoms with Crippen LogP contribution in [0, 0.1) is 0 Å². The number of halogens is 1. The molecule has 5 heteroatoms. The first-order valence-corrected chi connectivity index (χ1v) is 8.46. The maximum Gasteiger partial charge on any atom is 0.315 e. The molecule has 1 aliphatic heterocycles. The van der Waals surface area contributed by atoms with E-state index in [4.69, 9.17) is 0 Å². The number of hydrogen-bond acceptors (Lipinski definition) is 2. The summed E-state index contributed by atoms with van der Waals surface area (Å²) in [5.41, 5.74) is 1.10. The molecule has 2 rings (SSSR count). The van der Waals surface area contributed by atoms with Gasteiger partial charge in [0, 0.05) is 17.6 Å². The molecule has 1 heterocycles. The Morgan fingerprint density at radius 1 is 1.24 bits per heavy atom. The third-order valence-corrected chi connectivity index (χ3v) is 4.41. The van der Waals surface area contributed by atoms with E-state index in [9.17, 15) is 4.79 Å². The summed E-state index contributed by atoms with van der Waals surface area (Å²) >= 11 is 3.41. The first-order valence-electron chi connectivity index (χ1n) is 7.67. The van der Waals surface area contributed by atoms with Crippen molar-refractivity contribution >= 4 is 22.0 Å². The lowest BCUT2D eigenvalue weighted by Crippen LogP contribution is -2.42. The van der Waals surface area contributed by atoms with Gasteiger partial charge < -0.3 is 15.5 Å². The normalized spacial score (nSPS) is 17.2. The van der Waals surface area contributed by atoms with Crippen LogP contribution < -0.4 is 10.6 Å². The number of likely N-dealkylation sites (tertiary alicyclic amines) is 1. The summed E-state index contributed by atoms with van der Waals surface area (Å²) in [7, 11) is 0. The Labute approximate surface area is 135 Å². The van der Waals surface area contributed by atoms with Gasteiger partial charge in [-0.15, -0.1) is 0 Å². The standard InChI is InChI=1S/C16H24BrN3O/c1-13(14-5-7-15(17)8-6-14)19-16(21)18-9-12-20-10-3-2-4-11-20/h5-8,13H,2-4,9-12H2,1H3,(H2,18,19,21). The summed E-state index contributed by atoms with van der Waals surface area (Å²) in [6.45, 7) is 5.98. The fourth-order valence-corrected chi connectivity index (χ4v) is 2.86. The molecule has 1 aliphatic rings. The molecule has 0 spiro atoms. The fourth-order valence-electron chi connectivity index (χ4n) is 2.59. The van der Waals surface area contributed by atoms with Crippen LogP contribution in [0.4, 0.5) is 4.79 Å². The lowest BCUT2D eigenvalue weighted by molar-refractivity contribution is 0.219. The van der Waals surface area contributed by atoms with Crippen LogP contribution in [0.5, 0.6) is 0 Å². The Morgan fingerprint density at radius 2 is 1.90 bits per heavy atom. The van der Waals surface area contributed by atoms with Crippen LogP contribution in [0.2, 0.25) is 0 Å². The molecule has 0 aliphatic carbocycles. The zero-order valence-electron chi connectivity index (χ0n) is 12.6. The molecule has 21 heavy (non-hydrogen) atoms. The number of rotatable bonds is 5. The second-order valence-corrected chi connectivity index (χ2v) is 6.49. The van der Waals surface area contributed by atoms with E-state index in [0.29, 0.717) is 6.54 Å². The van der Waals surface area contributed by atoms with Gasteiger partial charge in [0.2, 0.25) is 0 Å². The van der Waals surface area contributed by atoms with Crippen LogP contribution >= 0.6 is 15.9 Å². The number of carbonyl (C=O) groups is 1. The monoisotopic (exact) mass is 353 g/mol. The number of nitrogens with zero attached hydrogens (tertiary/aromatic N) is 1. The van der Waals surface area contributed by atoms with Crippen molar-refractivity contribution in [1.29, 1.82) is 0 Å². The number of carbonyl (C=O) groups excluding carboxylic acids is 1. The van der Waals surface area contributed by atoms with Gasteiger partial charge in [-0.1, -0.05) is 34.5 Å². The molecule has 4 nitrogen and oxygen atoms in total. The molecular formula is C16H24BrN3O. The summed E-state index contributed by atoms with van der Waals surface area (Å²) < 4.78 is 1.05. The van der Waals surface area contributed by atoms with Gasteiger partial charge >= 0.3 is 6.03 Å². The highest BCUT2D eigenvalue weighted by Crippen LogP contribution is 2.16. The topological polar surface area (TPSA) is 44.4 Å². The van der Waals surface area contributed by atoms with Crippen molar-refractivity contribution in [1.82, 2.24) is 15.5 Å². The number of nitrogens with one attached hydrogen (secondary N) is 2. The van der Waals surface area contributed by atoms with Gasteiger partial charge in [0.1, 0.15) is 0 Å². The molecule has 2 N–H and O–H groups in total. The molecule has 1 fully saturated rings. The van der Waals surface area contributed by atoms with Crippen LogP contribution in [0.1, 0.15) is 37.8 Å². The molecule has 1 saturated heterocycles. The summed E-state index contributed by atoms with van der Waals surface area (Å²) in [4.78, 5) is 14.3. The molecule has 1 atom stereocenters. The van der Waals surface area contributed by atoms with Crippen LogP contribution in [0.25, 0.3) is 0 Å². The fraction of sp³-hybridized carbons (Fsp3) is 0.562. The quantitative estimate of drug-likeness (QED) is 0.852. The SMILES string of the molecule is CC(NC(=O)NCCN1CCCCC1)c1ccc(Br)cc1. The third kappa shape index (κ3) is 5.67. The van der Waals surface area contributed by atoms with Gasteiger partial charge in [-0.3, -0.25) is 0 Å². The van der Waals surface area contributed by atoms with Gasteiger partial charge in [-0.2, -0.15) is 0 Å². The van der Waals surface area contributed by atoms with E-state index < -0.39 is 0 Å². The second-order valence-electron chi connectivity index (χ2n) is 5.58. The third-order valence-electron chi connectivity index (χ3n) is 3.88. The molecule has 0 saturated carbocycles. The van der Waals surface area contributed by atoms with Crippen LogP contribution in [-0.2, 0) is 0 Å². The van der Waals surface area contributed by atoms with Gasteiger partial charge in [0.15, 0.2) is 0 Å². The Balaban J connectivity index is 1.67. The molecule has 1 aromatic carbocycles. The number of urea groups is 1. The summed E-state index contributed by atoms with van der Waals surface area (Å²) in [5.74, 6) is 0. The average molecular weight is 354 g/mol. The number of benzene rings is 1. The Hall–Kier alpha value is -1.07. The van der Waals surface area contributed by atoms with E-state index in [0.717, 1.165) is 16.6 Å². The van der Waals surface area contributed by atoms with Gasteiger partial charge in [0.25, 0.3) is 0 Å². The average Bonchev–Trinajstić information content (AvgIpc) is 2.49. The van der Waals surface area contributed by atoms with Crippen molar-refractivity contribution in [3.05, 3.63) is 34.3 Å². The van der Waals surface area contributed by atoms with Crippen molar-refractivity contribution in [2.75, 3.05) is 26.2 Å². The number of piperidine rings is 1. The predicted molar refractivity (Wildman–Crippen MR) is 89.4 cm³/mol. The maximum atomic E-state index is 11.9. The predicted octanol–water partition coefficient (Wildman–Crippen LogP) is 3.30. The molecule has 0 bridgehead atoms. The number of amides is 2. The molecule has 2 amide bonds. The smallest absolute Gasteiger partial charge is 0.315 e. The summed E-state index contributed by atoms with van der Waals surface area (Å²) in [6, 6.07) is 7.92. The van der Waals surface area contributed by atoms with E-state index in [1.54, 1.807) is 0 Å². The molecule has 0 aromatic heterocycles. The summed E-state index contributed by atoms with van der Waals surface area (Å²) in [5, 5.41) is 5.91. The van der Waals surface area contributed by atoms with E-state index in [1.807, 2.05) is 31.2 Å². The molecule has 1 unspecified atom stereocenters. The van der Waals surface area contributed by atoms with Gasteiger partial charge in [-0.05, 0) is 50.6 Å². The van der Waals surface area contributed by atoms with Crippen LogP contribution in [0.3, 0.4) is 0 Å². The van der Waals surface area contributed by atoms with Crippen LogP contribution in [-0.4, -0.2) is 37.1 Å². The van der Waals surface area contributed by atoms with Crippen LogP contribution in [0.15, 0.2) is 28.7 Å². The van der Waals surface area contributed by atoms with Crippen molar-refractivity contribution < 1.29 is 4.79 Å². The Kier molecular flexibility index (Phi) is 6.51. The van der Waals surface area contributed by atoms with E-state index >= 15 is 0 Å². The molecule has 0 radical (unpaired) electrons. The van der Waals surface area contributed by atoms with Crippen molar-refractivity contribution in [2.24, 2.45) is 0 Å². The lowest BCUT2D eigenvalue weighted by atomic mass is 10.1. The zero-order valence-corrected chi connectivity index (χ0v) is 14.2. The largest absolute Gasteiger partial charge is 0.337 e. The van der Waals surface area contributed by atoms with E-state index in [1.165, 1.54) is 32.4 Å². The van der Waals surface area contributed by atoms with Gasteiger partial charge in [0.05, 0.1) is 6.04 Å². The molecular weight excluding hydrogens is 330 g/mol. The minimum Gasteiger partial charge on any atom is -0.337 e. The first-order chi connectivity index (χ1) is 10.1. The van der Waals surface area contributed by atoms with Crippen molar-refractivity contribution in [3.63, 3.8) is 0 Å². The first kappa shape index (κ1) is 16.3. The van der Waals surface area contributed by atoms with Gasteiger partial charge in [-0.25, -0.2) is 4.79 Å². The molecule has 1 aromatic rings. The number of hydrogen-bond donors (Lipinski definition) is 2. The zero-order chi connectivity index (χ0) is 15.1. The minimum atomic E-state index is -0.0950. The van der Waals surface area contributed by atoms with Crippen molar-refractivity contribution in [3.8, 4) is 0 Å². The van der Waals surface area contributed by atoms with Crippen molar-refractivity contribution in [2.45, 2.75) is 32.2 Å².